The van der Waals surface area contributed by atoms with Gasteiger partial charge in [-0.2, -0.15) is 13.2 Å². The van der Waals surface area contributed by atoms with Crippen LogP contribution in [0.25, 0.3) is 0 Å². The van der Waals surface area contributed by atoms with E-state index in [1.807, 2.05) is 6.92 Å². The minimum Gasteiger partial charge on any atom is -0.508 e. The Kier molecular flexibility index (Phi) is 5.65. The van der Waals surface area contributed by atoms with Crippen molar-refractivity contribution in [1.82, 2.24) is 0 Å². The number of aliphatic hydroxyl groups is 1. The summed E-state index contributed by atoms with van der Waals surface area (Å²) in [6.07, 6.45) is -1.96. The molecule has 0 radical (unpaired) electrons. The molecular weight excluding hydrogens is 371 g/mol. The van der Waals surface area contributed by atoms with Gasteiger partial charge in [-0.25, -0.2) is 0 Å². The van der Waals surface area contributed by atoms with Crippen molar-refractivity contribution in [3.63, 3.8) is 0 Å². The summed E-state index contributed by atoms with van der Waals surface area (Å²) in [5.41, 5.74) is 0.474. The molecule has 28 heavy (non-hydrogen) atoms. The number of fused-ring (bicyclic) bond motifs is 1. The molecule has 0 fully saturated rings. The van der Waals surface area contributed by atoms with Crippen LogP contribution >= 0.6 is 0 Å². The SMILES string of the molecule is CCCCCN1C(=O)C(c2cc(C(F)(F)F)ccc2O)c2c(CO)cccc21. The number of hydrogen-bond donors (Lipinski definition) is 2. The maximum atomic E-state index is 13.2. The van der Waals surface area contributed by atoms with Gasteiger partial charge in [-0.3, -0.25) is 4.79 Å². The molecule has 0 saturated carbocycles. The van der Waals surface area contributed by atoms with Crippen molar-refractivity contribution in [3.05, 3.63) is 58.7 Å². The molecule has 1 amide bonds. The number of amides is 1. The highest BCUT2D eigenvalue weighted by Gasteiger charge is 2.42. The number of aromatic hydroxyl groups is 1. The van der Waals surface area contributed by atoms with Gasteiger partial charge >= 0.3 is 6.18 Å². The predicted octanol–water partition coefficient (Wildman–Crippen LogP) is 4.57. The summed E-state index contributed by atoms with van der Waals surface area (Å²) < 4.78 is 39.6. The number of halogens is 3. The third kappa shape index (κ3) is 3.58. The van der Waals surface area contributed by atoms with Crippen LogP contribution in [0, 0.1) is 0 Å². The van der Waals surface area contributed by atoms with E-state index in [0.717, 1.165) is 37.5 Å². The number of anilines is 1. The maximum Gasteiger partial charge on any atom is 0.416 e. The Morgan fingerprint density at radius 1 is 1.14 bits per heavy atom. The molecule has 4 nitrogen and oxygen atoms in total. The number of hydrogen-bond acceptors (Lipinski definition) is 3. The highest BCUT2D eigenvalue weighted by molar-refractivity contribution is 6.07. The molecule has 0 aromatic heterocycles. The van der Waals surface area contributed by atoms with E-state index in [9.17, 15) is 28.2 Å². The standard InChI is InChI=1S/C21H22F3NO3/c1-2-3-4-10-25-16-7-5-6-13(12-26)18(16)19(20(25)28)15-11-14(21(22,23)24)8-9-17(15)27/h5-9,11,19,26-27H,2-4,10,12H2,1H3. The number of alkyl halides is 3. The predicted molar refractivity (Wildman–Crippen MR) is 99.2 cm³/mol. The van der Waals surface area contributed by atoms with E-state index in [-0.39, 0.29) is 23.8 Å². The van der Waals surface area contributed by atoms with Crippen LogP contribution < -0.4 is 4.90 Å². The van der Waals surface area contributed by atoms with Gasteiger partial charge in [0.2, 0.25) is 5.91 Å². The highest BCUT2D eigenvalue weighted by Crippen LogP contribution is 2.46. The van der Waals surface area contributed by atoms with Crippen LogP contribution in [0.4, 0.5) is 18.9 Å². The van der Waals surface area contributed by atoms with Crippen molar-refractivity contribution >= 4 is 11.6 Å². The van der Waals surface area contributed by atoms with Gasteiger partial charge in [0.15, 0.2) is 0 Å². The van der Waals surface area contributed by atoms with Crippen LogP contribution in [-0.4, -0.2) is 22.7 Å². The number of aliphatic hydroxyl groups excluding tert-OH is 1. The zero-order valence-corrected chi connectivity index (χ0v) is 15.5. The lowest BCUT2D eigenvalue weighted by molar-refractivity contribution is -0.137. The third-order valence-electron chi connectivity index (χ3n) is 5.09. The molecule has 2 aromatic carbocycles. The fourth-order valence-corrected chi connectivity index (χ4v) is 3.71. The Labute approximate surface area is 161 Å². The summed E-state index contributed by atoms with van der Waals surface area (Å²) in [6.45, 7) is 2.12. The van der Waals surface area contributed by atoms with E-state index >= 15 is 0 Å². The van der Waals surface area contributed by atoms with Crippen LogP contribution in [0.1, 0.15) is 54.4 Å². The van der Waals surface area contributed by atoms with Gasteiger partial charge in [-0.15, -0.1) is 0 Å². The number of benzene rings is 2. The quantitative estimate of drug-likeness (QED) is 0.707. The highest BCUT2D eigenvalue weighted by atomic mass is 19.4. The van der Waals surface area contributed by atoms with Gasteiger partial charge in [-0.1, -0.05) is 31.9 Å². The first-order valence-corrected chi connectivity index (χ1v) is 9.23. The zero-order valence-electron chi connectivity index (χ0n) is 15.5. The Bertz CT molecular complexity index is 880. The van der Waals surface area contributed by atoms with Gasteiger partial charge in [0.25, 0.3) is 0 Å². The van der Waals surface area contributed by atoms with E-state index in [1.54, 1.807) is 23.1 Å². The van der Waals surface area contributed by atoms with Crippen molar-refractivity contribution in [2.24, 2.45) is 0 Å². The molecule has 0 saturated heterocycles. The number of phenolic OH excluding ortho intramolecular Hbond substituents is 1. The van der Waals surface area contributed by atoms with Crippen molar-refractivity contribution in [3.8, 4) is 5.75 Å². The normalized spacial score (nSPS) is 16.5. The Morgan fingerprint density at radius 2 is 1.89 bits per heavy atom. The Morgan fingerprint density at radius 3 is 2.54 bits per heavy atom. The first kappa shape index (κ1) is 20.2. The summed E-state index contributed by atoms with van der Waals surface area (Å²) >= 11 is 0. The molecule has 1 heterocycles. The fourth-order valence-electron chi connectivity index (χ4n) is 3.71. The average Bonchev–Trinajstić information content (AvgIpc) is 2.93. The van der Waals surface area contributed by atoms with Crippen LogP contribution in [-0.2, 0) is 17.6 Å². The van der Waals surface area contributed by atoms with Crippen LogP contribution in [0.5, 0.6) is 5.75 Å². The van der Waals surface area contributed by atoms with Gasteiger partial charge in [-0.05, 0) is 41.8 Å². The van der Waals surface area contributed by atoms with Crippen molar-refractivity contribution in [2.75, 3.05) is 11.4 Å². The molecule has 0 aliphatic carbocycles. The minimum absolute atomic E-state index is 0.0973. The maximum absolute atomic E-state index is 13.2. The lowest BCUT2D eigenvalue weighted by atomic mass is 9.88. The lowest BCUT2D eigenvalue weighted by Crippen LogP contribution is -2.30. The second-order valence-corrected chi connectivity index (χ2v) is 6.91. The van der Waals surface area contributed by atoms with Crippen molar-refractivity contribution < 1.29 is 28.2 Å². The summed E-state index contributed by atoms with van der Waals surface area (Å²) in [6, 6.07) is 7.65. The van der Waals surface area contributed by atoms with Crippen molar-refractivity contribution in [1.29, 1.82) is 0 Å². The summed E-state index contributed by atoms with van der Waals surface area (Å²) in [5.74, 6) is -1.84. The fraction of sp³-hybridized carbons (Fsp3) is 0.381. The third-order valence-corrected chi connectivity index (χ3v) is 5.09. The van der Waals surface area contributed by atoms with Gasteiger partial charge < -0.3 is 15.1 Å². The molecule has 2 aromatic rings. The Balaban J connectivity index is 2.13. The summed E-state index contributed by atoms with van der Waals surface area (Å²) in [4.78, 5) is 14.7. The number of rotatable bonds is 6. The molecule has 150 valence electrons. The van der Waals surface area contributed by atoms with Gasteiger partial charge in [0, 0.05) is 17.8 Å². The Hall–Kier alpha value is -2.54. The lowest BCUT2D eigenvalue weighted by Gasteiger charge is -2.18. The number of nitrogens with zero attached hydrogens (tertiary/aromatic N) is 1. The van der Waals surface area contributed by atoms with Crippen LogP contribution in [0.15, 0.2) is 36.4 Å². The van der Waals surface area contributed by atoms with Crippen LogP contribution in [0.3, 0.4) is 0 Å². The molecule has 7 heteroatoms. The summed E-state index contributed by atoms with van der Waals surface area (Å²) in [5, 5.41) is 20.0. The molecule has 1 aliphatic heterocycles. The summed E-state index contributed by atoms with van der Waals surface area (Å²) in [7, 11) is 0. The molecule has 0 bridgehead atoms. The number of carbonyl (C=O) groups excluding carboxylic acids is 1. The molecule has 1 aliphatic rings. The monoisotopic (exact) mass is 393 g/mol. The minimum atomic E-state index is -4.59. The molecule has 1 atom stereocenters. The second kappa shape index (κ2) is 7.83. The van der Waals surface area contributed by atoms with E-state index in [1.165, 1.54) is 0 Å². The molecule has 3 rings (SSSR count). The van der Waals surface area contributed by atoms with E-state index in [0.29, 0.717) is 23.4 Å². The first-order valence-electron chi connectivity index (χ1n) is 9.23. The van der Waals surface area contributed by atoms with E-state index in [2.05, 4.69) is 0 Å². The zero-order chi connectivity index (χ0) is 20.5. The average molecular weight is 393 g/mol. The van der Waals surface area contributed by atoms with Gasteiger partial charge in [0.1, 0.15) is 5.75 Å². The second-order valence-electron chi connectivity index (χ2n) is 6.91. The number of unbranched alkanes of at least 4 members (excludes halogenated alkanes) is 2. The first-order chi connectivity index (χ1) is 13.3. The largest absolute Gasteiger partial charge is 0.508 e. The molecular formula is C21H22F3NO3. The van der Waals surface area contributed by atoms with Gasteiger partial charge in [0.05, 0.1) is 18.1 Å². The van der Waals surface area contributed by atoms with Crippen LogP contribution in [0.2, 0.25) is 0 Å². The molecule has 2 N–H and O–H groups in total. The molecule has 1 unspecified atom stereocenters. The van der Waals surface area contributed by atoms with Crippen molar-refractivity contribution in [2.45, 2.75) is 44.9 Å². The van der Waals surface area contributed by atoms with E-state index in [4.69, 9.17) is 0 Å². The topological polar surface area (TPSA) is 60.8 Å². The molecule has 0 spiro atoms. The van der Waals surface area contributed by atoms with E-state index < -0.39 is 17.7 Å². The number of phenols is 1. The smallest absolute Gasteiger partial charge is 0.416 e. The number of carbonyl (C=O) groups is 1.